The number of nitrogens with zero attached hydrogens (tertiary/aromatic N) is 2. The molecule has 0 aliphatic rings. The van der Waals surface area contributed by atoms with Gasteiger partial charge in [0, 0.05) is 23.1 Å². The first-order valence-electron chi connectivity index (χ1n) is 4.98. The summed E-state index contributed by atoms with van der Waals surface area (Å²) >= 11 is 1.58. The van der Waals surface area contributed by atoms with E-state index in [1.807, 2.05) is 5.38 Å². The standard InChI is InChI=1S/C11H13N3OS/c1-11(2,3)10-13-7(6-16-10)9-12-5-4-8(15)14-9/h4-6H,1-3H3,(H,12,14,15). The number of H-pyrrole nitrogens is 1. The van der Waals surface area contributed by atoms with Crippen LogP contribution in [0.15, 0.2) is 22.4 Å². The highest BCUT2D eigenvalue weighted by Crippen LogP contribution is 2.28. The molecule has 4 nitrogen and oxygen atoms in total. The van der Waals surface area contributed by atoms with E-state index in [9.17, 15) is 4.79 Å². The van der Waals surface area contributed by atoms with Gasteiger partial charge in [-0.25, -0.2) is 9.97 Å². The zero-order valence-electron chi connectivity index (χ0n) is 9.44. The van der Waals surface area contributed by atoms with E-state index in [4.69, 9.17) is 0 Å². The quantitative estimate of drug-likeness (QED) is 0.824. The van der Waals surface area contributed by atoms with Crippen molar-refractivity contribution in [3.63, 3.8) is 0 Å². The molecule has 0 fully saturated rings. The maximum atomic E-state index is 11.1. The summed E-state index contributed by atoms with van der Waals surface area (Å²) in [5.41, 5.74) is 0.598. The van der Waals surface area contributed by atoms with Crippen LogP contribution in [-0.2, 0) is 5.41 Å². The molecule has 0 unspecified atom stereocenters. The molecule has 2 heterocycles. The second-order valence-electron chi connectivity index (χ2n) is 4.57. The monoisotopic (exact) mass is 235 g/mol. The first kappa shape index (κ1) is 11.0. The lowest BCUT2D eigenvalue weighted by Gasteiger charge is -2.13. The summed E-state index contributed by atoms with van der Waals surface area (Å²) in [6.07, 6.45) is 1.49. The third-order valence-electron chi connectivity index (χ3n) is 2.06. The second kappa shape index (κ2) is 3.83. The van der Waals surface area contributed by atoms with Gasteiger partial charge in [0.15, 0.2) is 5.82 Å². The van der Waals surface area contributed by atoms with Crippen molar-refractivity contribution in [1.82, 2.24) is 15.0 Å². The fourth-order valence-electron chi connectivity index (χ4n) is 1.23. The Kier molecular flexibility index (Phi) is 2.63. The number of thiazole rings is 1. The Morgan fingerprint density at radius 2 is 2.12 bits per heavy atom. The van der Waals surface area contributed by atoms with Crippen LogP contribution in [0, 0.1) is 0 Å². The van der Waals surface area contributed by atoms with Gasteiger partial charge in [-0.3, -0.25) is 4.79 Å². The average Bonchev–Trinajstić information content (AvgIpc) is 2.65. The van der Waals surface area contributed by atoms with Crippen LogP contribution in [0.25, 0.3) is 11.5 Å². The van der Waals surface area contributed by atoms with E-state index in [1.165, 1.54) is 12.3 Å². The Hall–Kier alpha value is -1.49. The first-order chi connectivity index (χ1) is 7.47. The highest BCUT2D eigenvalue weighted by atomic mass is 32.1. The van der Waals surface area contributed by atoms with Crippen molar-refractivity contribution in [2.45, 2.75) is 26.2 Å². The van der Waals surface area contributed by atoms with Crippen LogP contribution in [0.1, 0.15) is 25.8 Å². The van der Waals surface area contributed by atoms with E-state index in [1.54, 1.807) is 11.3 Å². The van der Waals surface area contributed by atoms with Crippen molar-refractivity contribution in [2.75, 3.05) is 0 Å². The van der Waals surface area contributed by atoms with E-state index in [0.29, 0.717) is 5.82 Å². The van der Waals surface area contributed by atoms with Crippen LogP contribution in [-0.4, -0.2) is 15.0 Å². The Morgan fingerprint density at radius 1 is 1.38 bits per heavy atom. The van der Waals surface area contributed by atoms with E-state index >= 15 is 0 Å². The lowest BCUT2D eigenvalue weighted by atomic mass is 9.98. The number of hydrogen-bond acceptors (Lipinski definition) is 4. The zero-order chi connectivity index (χ0) is 11.8. The third-order valence-corrected chi connectivity index (χ3v) is 3.33. The highest BCUT2D eigenvalue weighted by Gasteiger charge is 2.18. The predicted molar refractivity (Wildman–Crippen MR) is 64.7 cm³/mol. The van der Waals surface area contributed by atoms with Crippen LogP contribution in [0.5, 0.6) is 0 Å². The Morgan fingerprint density at radius 3 is 2.69 bits per heavy atom. The summed E-state index contributed by atoms with van der Waals surface area (Å²) in [4.78, 5) is 22.4. The summed E-state index contributed by atoms with van der Waals surface area (Å²) in [7, 11) is 0. The van der Waals surface area contributed by atoms with Gasteiger partial charge in [-0.1, -0.05) is 20.8 Å². The minimum Gasteiger partial charge on any atom is -0.305 e. The van der Waals surface area contributed by atoms with Crippen LogP contribution < -0.4 is 5.56 Å². The summed E-state index contributed by atoms with van der Waals surface area (Å²) in [5, 5.41) is 2.95. The summed E-state index contributed by atoms with van der Waals surface area (Å²) in [6, 6.07) is 1.39. The number of rotatable bonds is 1. The molecule has 0 spiro atoms. The summed E-state index contributed by atoms with van der Waals surface area (Å²) in [6.45, 7) is 6.32. The molecule has 0 saturated heterocycles. The Labute approximate surface area is 97.4 Å². The molecule has 2 aromatic heterocycles. The van der Waals surface area contributed by atoms with E-state index in [-0.39, 0.29) is 11.0 Å². The third kappa shape index (κ3) is 2.19. The number of aromatic amines is 1. The van der Waals surface area contributed by atoms with Gasteiger partial charge in [-0.15, -0.1) is 11.3 Å². The predicted octanol–water partition coefficient (Wildman–Crippen LogP) is 2.19. The minimum atomic E-state index is -0.157. The molecule has 0 atom stereocenters. The van der Waals surface area contributed by atoms with E-state index < -0.39 is 0 Å². The summed E-state index contributed by atoms with van der Waals surface area (Å²) < 4.78 is 0. The van der Waals surface area contributed by atoms with E-state index in [0.717, 1.165) is 10.7 Å². The highest BCUT2D eigenvalue weighted by molar-refractivity contribution is 7.10. The molecular formula is C11H13N3OS. The van der Waals surface area contributed by atoms with Crippen LogP contribution in [0.4, 0.5) is 0 Å². The molecule has 2 aromatic rings. The van der Waals surface area contributed by atoms with E-state index in [2.05, 4.69) is 35.7 Å². The van der Waals surface area contributed by atoms with Crippen molar-refractivity contribution in [3.05, 3.63) is 33.0 Å². The van der Waals surface area contributed by atoms with Crippen molar-refractivity contribution >= 4 is 11.3 Å². The maximum absolute atomic E-state index is 11.1. The van der Waals surface area contributed by atoms with Crippen molar-refractivity contribution in [2.24, 2.45) is 0 Å². The number of aromatic nitrogens is 3. The van der Waals surface area contributed by atoms with Gasteiger partial charge in [0.1, 0.15) is 5.69 Å². The van der Waals surface area contributed by atoms with Gasteiger partial charge in [0.2, 0.25) is 0 Å². The topological polar surface area (TPSA) is 58.6 Å². The molecular weight excluding hydrogens is 222 g/mol. The summed E-state index contributed by atoms with van der Waals surface area (Å²) in [5.74, 6) is 0.527. The van der Waals surface area contributed by atoms with Gasteiger partial charge in [-0.2, -0.15) is 0 Å². The lowest BCUT2D eigenvalue weighted by molar-refractivity contribution is 0.586. The SMILES string of the molecule is CC(C)(C)c1nc(-c2nccc(=O)[nH]2)cs1. The molecule has 1 N–H and O–H groups in total. The smallest absolute Gasteiger partial charge is 0.251 e. The fourth-order valence-corrected chi connectivity index (χ4v) is 2.12. The van der Waals surface area contributed by atoms with Gasteiger partial charge < -0.3 is 4.98 Å². The van der Waals surface area contributed by atoms with Gasteiger partial charge >= 0.3 is 0 Å². The zero-order valence-corrected chi connectivity index (χ0v) is 10.3. The average molecular weight is 235 g/mol. The van der Waals surface area contributed by atoms with Gasteiger partial charge in [0.25, 0.3) is 5.56 Å². The Balaban J connectivity index is 2.43. The molecule has 0 bridgehead atoms. The molecule has 0 radical (unpaired) electrons. The lowest BCUT2D eigenvalue weighted by Crippen LogP contribution is -2.11. The van der Waals surface area contributed by atoms with Crippen LogP contribution in [0.2, 0.25) is 0 Å². The van der Waals surface area contributed by atoms with Crippen molar-refractivity contribution < 1.29 is 0 Å². The number of hydrogen-bond donors (Lipinski definition) is 1. The van der Waals surface area contributed by atoms with Gasteiger partial charge in [0.05, 0.1) is 5.01 Å². The molecule has 84 valence electrons. The molecule has 5 heteroatoms. The minimum absolute atomic E-state index is 0.0258. The molecule has 0 saturated carbocycles. The largest absolute Gasteiger partial charge is 0.305 e. The van der Waals surface area contributed by atoms with Gasteiger partial charge in [-0.05, 0) is 0 Å². The second-order valence-corrected chi connectivity index (χ2v) is 5.43. The number of nitrogens with one attached hydrogen (secondary N) is 1. The fraction of sp³-hybridized carbons (Fsp3) is 0.364. The van der Waals surface area contributed by atoms with Crippen LogP contribution >= 0.6 is 11.3 Å². The Bertz CT molecular complexity index is 551. The van der Waals surface area contributed by atoms with Crippen LogP contribution in [0.3, 0.4) is 0 Å². The molecule has 0 aliphatic heterocycles. The van der Waals surface area contributed by atoms with Crippen molar-refractivity contribution in [3.8, 4) is 11.5 Å². The normalized spacial score (nSPS) is 11.7. The molecule has 0 amide bonds. The molecule has 0 aliphatic carbocycles. The molecule has 0 aromatic carbocycles. The van der Waals surface area contributed by atoms with Crippen molar-refractivity contribution in [1.29, 1.82) is 0 Å². The molecule has 16 heavy (non-hydrogen) atoms. The first-order valence-corrected chi connectivity index (χ1v) is 5.86. The maximum Gasteiger partial charge on any atom is 0.251 e. The molecule has 2 rings (SSSR count).